The Balaban J connectivity index is 2.13. The van der Waals surface area contributed by atoms with Crippen molar-refractivity contribution in [3.63, 3.8) is 0 Å². The van der Waals surface area contributed by atoms with Gasteiger partial charge in [-0.05, 0) is 31.0 Å². The average Bonchev–Trinajstić information content (AvgIpc) is 2.31. The zero-order valence-corrected chi connectivity index (χ0v) is 11.5. The van der Waals surface area contributed by atoms with Crippen LogP contribution in [0.2, 0.25) is 0 Å². The van der Waals surface area contributed by atoms with E-state index in [2.05, 4.69) is 28.1 Å². The highest BCUT2D eigenvalue weighted by atomic mass is 79.9. The van der Waals surface area contributed by atoms with Crippen LogP contribution in [0.15, 0.2) is 27.6 Å². The minimum Gasteiger partial charge on any atom is -0.192 e. The zero-order valence-electron chi connectivity index (χ0n) is 9.08. The van der Waals surface area contributed by atoms with Crippen molar-refractivity contribution in [2.45, 2.75) is 42.2 Å². The molecule has 3 heteroatoms. The maximum atomic E-state index is 9.06. The summed E-state index contributed by atoms with van der Waals surface area (Å²) in [6, 6.07) is 8.17. The Bertz CT molecular complexity index is 405. The first-order valence-electron chi connectivity index (χ1n) is 5.66. The van der Waals surface area contributed by atoms with Crippen LogP contribution in [0.25, 0.3) is 0 Å². The van der Waals surface area contributed by atoms with Crippen LogP contribution in [0.5, 0.6) is 0 Å². The SMILES string of the molecule is N#Cc1ccc(Br)cc1SC1CCCCC1. The Morgan fingerprint density at radius 3 is 2.69 bits per heavy atom. The molecule has 1 nitrogen and oxygen atoms in total. The largest absolute Gasteiger partial charge is 0.192 e. The van der Waals surface area contributed by atoms with Gasteiger partial charge >= 0.3 is 0 Å². The fourth-order valence-corrected chi connectivity index (χ4v) is 3.93. The third-order valence-corrected chi connectivity index (χ3v) is 4.80. The fourth-order valence-electron chi connectivity index (χ4n) is 2.05. The number of rotatable bonds is 2. The third kappa shape index (κ3) is 3.02. The van der Waals surface area contributed by atoms with Gasteiger partial charge in [0.1, 0.15) is 6.07 Å². The predicted molar refractivity (Wildman–Crippen MR) is 71.6 cm³/mol. The molecule has 1 fully saturated rings. The highest BCUT2D eigenvalue weighted by Crippen LogP contribution is 2.36. The van der Waals surface area contributed by atoms with Crippen molar-refractivity contribution in [3.05, 3.63) is 28.2 Å². The number of hydrogen-bond donors (Lipinski definition) is 0. The minimum absolute atomic E-state index is 0.704. The molecule has 1 saturated carbocycles. The van der Waals surface area contributed by atoms with Crippen LogP contribution in [0, 0.1) is 11.3 Å². The van der Waals surface area contributed by atoms with Crippen LogP contribution in [-0.4, -0.2) is 5.25 Å². The fraction of sp³-hybridized carbons (Fsp3) is 0.462. The van der Waals surface area contributed by atoms with E-state index in [0.29, 0.717) is 5.25 Å². The maximum absolute atomic E-state index is 9.06. The number of nitriles is 1. The van der Waals surface area contributed by atoms with Gasteiger partial charge in [0.05, 0.1) is 5.56 Å². The van der Waals surface area contributed by atoms with Gasteiger partial charge in [0.15, 0.2) is 0 Å². The molecule has 84 valence electrons. The molecule has 0 heterocycles. The normalized spacial score (nSPS) is 17.0. The Morgan fingerprint density at radius 1 is 1.25 bits per heavy atom. The van der Waals surface area contributed by atoms with Crippen LogP contribution in [0.3, 0.4) is 0 Å². The topological polar surface area (TPSA) is 23.8 Å². The van der Waals surface area contributed by atoms with Gasteiger partial charge in [0, 0.05) is 14.6 Å². The number of nitrogens with zero attached hydrogens (tertiary/aromatic N) is 1. The van der Waals surface area contributed by atoms with Crippen molar-refractivity contribution < 1.29 is 0 Å². The molecular weight excluding hydrogens is 282 g/mol. The van der Waals surface area contributed by atoms with E-state index in [1.807, 2.05) is 23.9 Å². The molecule has 0 N–H and O–H groups in total. The van der Waals surface area contributed by atoms with Crippen LogP contribution >= 0.6 is 27.7 Å². The van der Waals surface area contributed by atoms with Gasteiger partial charge in [-0.25, -0.2) is 0 Å². The Morgan fingerprint density at radius 2 is 2.00 bits per heavy atom. The van der Waals surface area contributed by atoms with Crippen LogP contribution < -0.4 is 0 Å². The lowest BCUT2D eigenvalue weighted by Gasteiger charge is -2.21. The van der Waals surface area contributed by atoms with Crippen LogP contribution in [-0.2, 0) is 0 Å². The van der Waals surface area contributed by atoms with Crippen molar-refractivity contribution in [1.82, 2.24) is 0 Å². The molecule has 0 saturated heterocycles. The number of benzene rings is 1. The van der Waals surface area contributed by atoms with E-state index in [4.69, 9.17) is 5.26 Å². The summed E-state index contributed by atoms with van der Waals surface area (Å²) in [5.74, 6) is 0. The first-order chi connectivity index (χ1) is 7.79. The van der Waals surface area contributed by atoms with Gasteiger partial charge in [-0.1, -0.05) is 35.2 Å². The predicted octanol–water partition coefficient (Wildman–Crippen LogP) is 4.75. The molecule has 0 atom stereocenters. The monoisotopic (exact) mass is 295 g/mol. The summed E-state index contributed by atoms with van der Waals surface area (Å²) < 4.78 is 1.06. The number of thioether (sulfide) groups is 1. The molecule has 2 rings (SSSR count). The summed E-state index contributed by atoms with van der Waals surface area (Å²) in [6.45, 7) is 0. The zero-order chi connectivity index (χ0) is 11.4. The van der Waals surface area contributed by atoms with Crippen molar-refractivity contribution in [3.8, 4) is 6.07 Å². The molecule has 0 amide bonds. The molecule has 0 unspecified atom stereocenters. The van der Waals surface area contributed by atoms with Gasteiger partial charge in [0.25, 0.3) is 0 Å². The lowest BCUT2D eigenvalue weighted by atomic mass is 10.0. The van der Waals surface area contributed by atoms with Crippen molar-refractivity contribution >= 4 is 27.7 Å². The molecule has 0 aromatic heterocycles. The van der Waals surface area contributed by atoms with Crippen molar-refractivity contribution in [1.29, 1.82) is 5.26 Å². The third-order valence-electron chi connectivity index (χ3n) is 2.91. The van der Waals surface area contributed by atoms with Gasteiger partial charge in [-0.15, -0.1) is 11.8 Å². The van der Waals surface area contributed by atoms with E-state index in [1.165, 1.54) is 32.1 Å². The van der Waals surface area contributed by atoms with E-state index in [-0.39, 0.29) is 0 Å². The minimum atomic E-state index is 0.704. The molecule has 0 radical (unpaired) electrons. The van der Waals surface area contributed by atoms with Gasteiger partial charge in [-0.2, -0.15) is 5.26 Å². The molecule has 0 aliphatic heterocycles. The molecule has 1 aromatic rings. The standard InChI is InChI=1S/C13H14BrNS/c14-11-7-6-10(9-15)13(8-11)16-12-4-2-1-3-5-12/h6-8,12H,1-5H2. The average molecular weight is 296 g/mol. The van der Waals surface area contributed by atoms with Crippen molar-refractivity contribution in [2.75, 3.05) is 0 Å². The highest BCUT2D eigenvalue weighted by molar-refractivity contribution is 9.10. The molecule has 0 bridgehead atoms. The summed E-state index contributed by atoms with van der Waals surface area (Å²) in [5.41, 5.74) is 0.804. The Labute approximate surface area is 109 Å². The number of hydrogen-bond acceptors (Lipinski definition) is 2. The molecule has 1 aliphatic rings. The Hall–Kier alpha value is -0.460. The van der Waals surface area contributed by atoms with Crippen molar-refractivity contribution in [2.24, 2.45) is 0 Å². The first-order valence-corrected chi connectivity index (χ1v) is 7.33. The highest BCUT2D eigenvalue weighted by Gasteiger charge is 2.16. The molecular formula is C13H14BrNS. The molecule has 0 spiro atoms. The summed E-state index contributed by atoms with van der Waals surface area (Å²) >= 11 is 5.34. The summed E-state index contributed by atoms with van der Waals surface area (Å²) in [6.07, 6.45) is 6.64. The maximum Gasteiger partial charge on any atom is 0.100 e. The Kier molecular flexibility index (Phi) is 4.31. The quantitative estimate of drug-likeness (QED) is 0.786. The number of halogens is 1. The second-order valence-corrected chi connectivity index (χ2v) is 6.39. The molecule has 1 aromatic carbocycles. The van der Waals surface area contributed by atoms with E-state index in [1.54, 1.807) is 0 Å². The van der Waals surface area contributed by atoms with E-state index in [0.717, 1.165) is 14.9 Å². The smallest absolute Gasteiger partial charge is 0.100 e. The van der Waals surface area contributed by atoms with Crippen LogP contribution in [0.4, 0.5) is 0 Å². The second kappa shape index (κ2) is 5.75. The molecule has 16 heavy (non-hydrogen) atoms. The van der Waals surface area contributed by atoms with Gasteiger partial charge < -0.3 is 0 Å². The van der Waals surface area contributed by atoms with Crippen LogP contribution in [0.1, 0.15) is 37.7 Å². The van der Waals surface area contributed by atoms with E-state index >= 15 is 0 Å². The van der Waals surface area contributed by atoms with Gasteiger partial charge in [0.2, 0.25) is 0 Å². The van der Waals surface area contributed by atoms with E-state index < -0.39 is 0 Å². The van der Waals surface area contributed by atoms with Gasteiger partial charge in [-0.3, -0.25) is 0 Å². The summed E-state index contributed by atoms with van der Waals surface area (Å²) in [5, 5.41) is 9.76. The first kappa shape index (κ1) is 12.0. The van der Waals surface area contributed by atoms with E-state index in [9.17, 15) is 0 Å². The summed E-state index contributed by atoms with van der Waals surface area (Å²) in [4.78, 5) is 1.13. The lowest BCUT2D eigenvalue weighted by Crippen LogP contribution is -2.07. The lowest BCUT2D eigenvalue weighted by molar-refractivity contribution is 0.516. The second-order valence-electron chi connectivity index (χ2n) is 4.13. The molecule has 1 aliphatic carbocycles. The summed E-state index contributed by atoms with van der Waals surface area (Å²) in [7, 11) is 0.